The highest BCUT2D eigenvalue weighted by molar-refractivity contribution is 6.10. The van der Waals surface area contributed by atoms with Gasteiger partial charge < -0.3 is 14.0 Å². The van der Waals surface area contributed by atoms with E-state index in [0.29, 0.717) is 16.8 Å². The van der Waals surface area contributed by atoms with Crippen molar-refractivity contribution in [1.29, 1.82) is 10.5 Å². The topological polar surface area (TPSA) is 71.0 Å². The van der Waals surface area contributed by atoms with Crippen molar-refractivity contribution in [1.82, 2.24) is 4.57 Å². The van der Waals surface area contributed by atoms with E-state index in [4.69, 9.17) is 9.47 Å². The predicted octanol–water partition coefficient (Wildman–Crippen LogP) is 4.54. The summed E-state index contributed by atoms with van der Waals surface area (Å²) in [6.45, 7) is 0. The number of aromatic nitrogens is 1. The van der Waals surface area contributed by atoms with Gasteiger partial charge in [0.2, 0.25) is 0 Å². The molecule has 4 aromatic rings. The molecular weight excluding hydrogens is 338 g/mol. The Kier molecular flexibility index (Phi) is 3.91. The average Bonchev–Trinajstić information content (AvgIpc) is 3.05. The van der Waals surface area contributed by atoms with Crippen LogP contribution in [0.3, 0.4) is 0 Å². The number of para-hydroxylation sites is 1. The molecule has 3 aromatic carbocycles. The van der Waals surface area contributed by atoms with Crippen LogP contribution in [0.1, 0.15) is 11.1 Å². The second-order valence-corrected chi connectivity index (χ2v) is 6.03. The van der Waals surface area contributed by atoms with Crippen molar-refractivity contribution in [3.05, 3.63) is 65.7 Å². The molecule has 5 nitrogen and oxygen atoms in total. The molecule has 0 aliphatic heterocycles. The van der Waals surface area contributed by atoms with Gasteiger partial charge >= 0.3 is 0 Å². The highest BCUT2D eigenvalue weighted by atomic mass is 16.5. The number of ether oxygens (including phenoxy) is 2. The summed E-state index contributed by atoms with van der Waals surface area (Å²) in [7, 11) is 3.25. The first kappa shape index (κ1) is 16.5. The van der Waals surface area contributed by atoms with Crippen LogP contribution in [0.15, 0.2) is 54.6 Å². The Hall–Kier alpha value is -3.96. The average molecular weight is 353 g/mol. The molecule has 0 saturated heterocycles. The third-order valence-electron chi connectivity index (χ3n) is 4.68. The minimum atomic E-state index is 0.444. The van der Waals surface area contributed by atoms with E-state index in [1.54, 1.807) is 32.4 Å². The van der Waals surface area contributed by atoms with Crippen LogP contribution >= 0.6 is 0 Å². The van der Waals surface area contributed by atoms with Crippen LogP contribution in [0.5, 0.6) is 11.5 Å². The van der Waals surface area contributed by atoms with Gasteiger partial charge in [0, 0.05) is 10.8 Å². The van der Waals surface area contributed by atoms with E-state index in [2.05, 4.69) is 12.1 Å². The second-order valence-electron chi connectivity index (χ2n) is 6.03. The first-order chi connectivity index (χ1) is 13.2. The molecule has 0 N–H and O–H groups in total. The number of methoxy groups -OCH3 is 2. The minimum Gasteiger partial charge on any atom is -0.497 e. The largest absolute Gasteiger partial charge is 0.497 e. The summed E-state index contributed by atoms with van der Waals surface area (Å²) >= 11 is 0. The lowest BCUT2D eigenvalue weighted by molar-refractivity contribution is 0.415. The van der Waals surface area contributed by atoms with Crippen molar-refractivity contribution >= 4 is 21.8 Å². The van der Waals surface area contributed by atoms with Crippen LogP contribution in [0.2, 0.25) is 0 Å². The van der Waals surface area contributed by atoms with E-state index in [9.17, 15) is 10.5 Å². The van der Waals surface area contributed by atoms with Crippen molar-refractivity contribution in [2.24, 2.45) is 0 Å². The van der Waals surface area contributed by atoms with Crippen molar-refractivity contribution in [2.75, 3.05) is 14.2 Å². The van der Waals surface area contributed by atoms with Gasteiger partial charge in [-0.1, -0.05) is 6.07 Å². The molecule has 0 bridgehead atoms. The third-order valence-corrected chi connectivity index (χ3v) is 4.68. The highest BCUT2D eigenvalue weighted by Gasteiger charge is 2.18. The van der Waals surface area contributed by atoms with E-state index in [0.717, 1.165) is 33.3 Å². The van der Waals surface area contributed by atoms with Gasteiger partial charge in [0.25, 0.3) is 0 Å². The van der Waals surface area contributed by atoms with Crippen LogP contribution < -0.4 is 9.47 Å². The van der Waals surface area contributed by atoms with Gasteiger partial charge in [-0.15, -0.1) is 0 Å². The molecule has 0 saturated carbocycles. The lowest BCUT2D eigenvalue weighted by Gasteiger charge is -2.12. The zero-order chi connectivity index (χ0) is 19.0. The summed E-state index contributed by atoms with van der Waals surface area (Å²) in [5.41, 5.74) is 3.24. The molecule has 0 aliphatic carbocycles. The zero-order valence-electron chi connectivity index (χ0n) is 14.9. The molecule has 5 heteroatoms. The van der Waals surface area contributed by atoms with Crippen LogP contribution in [-0.4, -0.2) is 18.8 Å². The number of fused-ring (bicyclic) bond motifs is 3. The molecule has 0 radical (unpaired) electrons. The van der Waals surface area contributed by atoms with Crippen LogP contribution in [-0.2, 0) is 0 Å². The Balaban J connectivity index is 2.22. The van der Waals surface area contributed by atoms with Crippen LogP contribution in [0.25, 0.3) is 27.5 Å². The summed E-state index contributed by atoms with van der Waals surface area (Å²) in [6.07, 6.45) is 0. The number of nitriles is 2. The quantitative estimate of drug-likeness (QED) is 0.542. The fourth-order valence-electron chi connectivity index (χ4n) is 3.44. The smallest absolute Gasteiger partial charge is 0.119 e. The van der Waals surface area contributed by atoms with E-state index < -0.39 is 0 Å². The molecule has 0 amide bonds. The molecule has 130 valence electrons. The van der Waals surface area contributed by atoms with E-state index in [1.807, 2.05) is 41.0 Å². The van der Waals surface area contributed by atoms with Gasteiger partial charge in [-0.25, -0.2) is 0 Å². The lowest BCUT2D eigenvalue weighted by atomic mass is 10.1. The number of benzene rings is 3. The maximum Gasteiger partial charge on any atom is 0.119 e. The second kappa shape index (κ2) is 6.40. The van der Waals surface area contributed by atoms with Crippen LogP contribution in [0, 0.1) is 22.7 Å². The van der Waals surface area contributed by atoms with E-state index in [1.165, 1.54) is 0 Å². The molecule has 1 heterocycles. The zero-order valence-corrected chi connectivity index (χ0v) is 14.9. The fourth-order valence-corrected chi connectivity index (χ4v) is 3.44. The summed E-state index contributed by atoms with van der Waals surface area (Å²) in [6, 6.07) is 21.1. The molecular formula is C22H15N3O2. The molecule has 27 heavy (non-hydrogen) atoms. The Morgan fingerprint density at radius 1 is 0.741 bits per heavy atom. The summed E-state index contributed by atoms with van der Waals surface area (Å²) in [4.78, 5) is 0. The molecule has 0 unspecified atom stereocenters. The first-order valence-corrected chi connectivity index (χ1v) is 8.31. The summed E-state index contributed by atoms with van der Waals surface area (Å²) in [5, 5.41) is 21.2. The highest BCUT2D eigenvalue weighted by Crippen LogP contribution is 2.37. The van der Waals surface area contributed by atoms with Gasteiger partial charge in [-0.05, 0) is 48.5 Å². The molecule has 0 aliphatic rings. The van der Waals surface area contributed by atoms with Gasteiger partial charge in [0.05, 0.1) is 42.1 Å². The van der Waals surface area contributed by atoms with Crippen molar-refractivity contribution in [3.8, 4) is 29.3 Å². The number of hydrogen-bond acceptors (Lipinski definition) is 4. The summed E-state index contributed by atoms with van der Waals surface area (Å²) in [5.74, 6) is 1.47. The van der Waals surface area contributed by atoms with Gasteiger partial charge in [0.1, 0.15) is 23.6 Å². The van der Waals surface area contributed by atoms with Crippen molar-refractivity contribution in [3.63, 3.8) is 0 Å². The fraction of sp³-hybridized carbons (Fsp3) is 0.0909. The Morgan fingerprint density at radius 2 is 1.22 bits per heavy atom. The number of nitrogens with zero attached hydrogens (tertiary/aromatic N) is 3. The Morgan fingerprint density at radius 3 is 1.63 bits per heavy atom. The molecule has 1 aromatic heterocycles. The van der Waals surface area contributed by atoms with Gasteiger partial charge in [-0.3, -0.25) is 0 Å². The van der Waals surface area contributed by atoms with Crippen molar-refractivity contribution < 1.29 is 9.47 Å². The third kappa shape index (κ3) is 2.46. The normalized spacial score (nSPS) is 10.5. The lowest BCUT2D eigenvalue weighted by Crippen LogP contribution is -2.01. The number of hydrogen-bond donors (Lipinski definition) is 0. The minimum absolute atomic E-state index is 0.444. The maximum absolute atomic E-state index is 9.63. The molecule has 0 atom stereocenters. The van der Waals surface area contributed by atoms with Gasteiger partial charge in [-0.2, -0.15) is 10.5 Å². The molecule has 0 spiro atoms. The SMILES string of the molecule is COc1ccc2c(c1)c1cc(OC)ccc1n2-c1c(C#N)cccc1C#N. The standard InChI is InChI=1S/C22H15N3O2/c1-26-16-6-8-20-18(10-16)19-11-17(27-2)7-9-21(19)25(20)22-14(12-23)4-3-5-15(22)13-24/h3-11H,1-2H3. The maximum atomic E-state index is 9.63. The molecule has 4 rings (SSSR count). The summed E-state index contributed by atoms with van der Waals surface area (Å²) < 4.78 is 12.7. The predicted molar refractivity (Wildman–Crippen MR) is 103 cm³/mol. The Bertz CT molecular complexity index is 1180. The van der Waals surface area contributed by atoms with E-state index >= 15 is 0 Å². The number of rotatable bonds is 3. The first-order valence-electron chi connectivity index (χ1n) is 8.31. The van der Waals surface area contributed by atoms with Crippen molar-refractivity contribution in [2.45, 2.75) is 0 Å². The van der Waals surface area contributed by atoms with E-state index in [-0.39, 0.29) is 0 Å². The molecule has 0 fully saturated rings. The van der Waals surface area contributed by atoms with Gasteiger partial charge in [0.15, 0.2) is 0 Å². The monoisotopic (exact) mass is 353 g/mol. The van der Waals surface area contributed by atoms with Crippen LogP contribution in [0.4, 0.5) is 0 Å². The Labute approximate surface area is 156 Å².